The van der Waals surface area contributed by atoms with E-state index in [1.54, 1.807) is 6.07 Å². The quantitative estimate of drug-likeness (QED) is 0.564. The first-order chi connectivity index (χ1) is 13.5. The minimum Gasteiger partial charge on any atom is -0.478 e. The second-order valence-electron chi connectivity index (χ2n) is 6.45. The average molecular weight is 438 g/mol. The standard InChI is InChI=1S/C22H16BrNO4/c23-19-10-9-13(21(25)26)11-20(19)24-22(27)28-12-18-16-7-3-1-5-14(16)15-6-2-4-8-17(15)18/h1-11,18H,12H2,(H,24,27)(H,25,26). The fourth-order valence-corrected chi connectivity index (χ4v) is 3.84. The lowest BCUT2D eigenvalue weighted by atomic mass is 9.98. The van der Waals surface area contributed by atoms with Crippen molar-refractivity contribution >= 4 is 33.7 Å². The Morgan fingerprint density at radius 3 is 2.18 bits per heavy atom. The van der Waals surface area contributed by atoms with E-state index in [2.05, 4.69) is 33.4 Å². The predicted molar refractivity (Wildman–Crippen MR) is 110 cm³/mol. The number of fused-ring (bicyclic) bond motifs is 3. The molecule has 0 saturated heterocycles. The highest BCUT2D eigenvalue weighted by molar-refractivity contribution is 9.10. The summed E-state index contributed by atoms with van der Waals surface area (Å²) in [5, 5.41) is 11.7. The van der Waals surface area contributed by atoms with E-state index in [-0.39, 0.29) is 18.1 Å². The van der Waals surface area contributed by atoms with Crippen LogP contribution in [-0.4, -0.2) is 23.8 Å². The van der Waals surface area contributed by atoms with Gasteiger partial charge in [-0.2, -0.15) is 0 Å². The van der Waals surface area contributed by atoms with E-state index >= 15 is 0 Å². The van der Waals surface area contributed by atoms with Crippen LogP contribution in [0.4, 0.5) is 10.5 Å². The molecule has 3 aromatic rings. The molecule has 3 aromatic carbocycles. The van der Waals surface area contributed by atoms with E-state index in [9.17, 15) is 9.59 Å². The van der Waals surface area contributed by atoms with Crippen molar-refractivity contribution in [3.8, 4) is 11.1 Å². The van der Waals surface area contributed by atoms with Gasteiger partial charge in [0.2, 0.25) is 0 Å². The molecule has 0 bridgehead atoms. The van der Waals surface area contributed by atoms with Crippen LogP contribution < -0.4 is 5.32 Å². The van der Waals surface area contributed by atoms with Gasteiger partial charge < -0.3 is 9.84 Å². The molecule has 2 N–H and O–H groups in total. The zero-order valence-corrected chi connectivity index (χ0v) is 16.3. The number of hydrogen-bond acceptors (Lipinski definition) is 3. The molecule has 0 atom stereocenters. The normalized spacial score (nSPS) is 12.2. The molecule has 0 saturated carbocycles. The summed E-state index contributed by atoms with van der Waals surface area (Å²) in [5.41, 5.74) is 5.00. The number of nitrogens with one attached hydrogen (secondary N) is 1. The molecule has 0 radical (unpaired) electrons. The molecule has 6 heteroatoms. The minimum absolute atomic E-state index is 0.0352. The van der Waals surface area contributed by atoms with E-state index in [4.69, 9.17) is 9.84 Å². The Bertz CT molecular complexity index is 1030. The number of amides is 1. The first kappa shape index (κ1) is 18.3. The number of anilines is 1. The summed E-state index contributed by atoms with van der Waals surface area (Å²) in [7, 11) is 0. The number of halogens is 1. The molecule has 5 nitrogen and oxygen atoms in total. The Kier molecular flexibility index (Phi) is 4.88. The van der Waals surface area contributed by atoms with Gasteiger partial charge in [-0.25, -0.2) is 9.59 Å². The van der Waals surface area contributed by atoms with Gasteiger partial charge in [0.15, 0.2) is 0 Å². The molecule has 140 valence electrons. The first-order valence-electron chi connectivity index (χ1n) is 8.69. The fraction of sp³-hybridized carbons (Fsp3) is 0.0909. The SMILES string of the molecule is O=C(Nc1cc(C(=O)O)ccc1Br)OCC1c2ccccc2-c2ccccc21. The zero-order chi connectivity index (χ0) is 19.7. The molecule has 0 aromatic heterocycles. The van der Waals surface area contributed by atoms with Crippen molar-refractivity contribution in [1.29, 1.82) is 0 Å². The smallest absolute Gasteiger partial charge is 0.411 e. The monoisotopic (exact) mass is 437 g/mol. The molecule has 0 aliphatic heterocycles. The summed E-state index contributed by atoms with van der Waals surface area (Å²) in [4.78, 5) is 23.4. The number of rotatable bonds is 4. The Morgan fingerprint density at radius 2 is 1.57 bits per heavy atom. The third kappa shape index (κ3) is 3.39. The number of carboxylic acid groups (broad SMARTS) is 1. The Labute approximate surface area is 170 Å². The van der Waals surface area contributed by atoms with Crippen molar-refractivity contribution in [2.75, 3.05) is 11.9 Å². The second-order valence-corrected chi connectivity index (χ2v) is 7.30. The van der Waals surface area contributed by atoms with Gasteiger partial charge in [-0.15, -0.1) is 0 Å². The van der Waals surface area contributed by atoms with Crippen LogP contribution >= 0.6 is 15.9 Å². The van der Waals surface area contributed by atoms with E-state index < -0.39 is 12.1 Å². The maximum Gasteiger partial charge on any atom is 0.411 e. The molecule has 0 unspecified atom stereocenters. The van der Waals surface area contributed by atoms with Crippen molar-refractivity contribution in [3.05, 3.63) is 87.9 Å². The summed E-state index contributed by atoms with van der Waals surface area (Å²) >= 11 is 3.30. The van der Waals surface area contributed by atoms with E-state index in [0.717, 1.165) is 22.3 Å². The molecule has 1 aliphatic carbocycles. The number of carboxylic acids is 1. The van der Waals surface area contributed by atoms with Crippen LogP contribution in [0.25, 0.3) is 11.1 Å². The number of carbonyl (C=O) groups is 2. The molecule has 4 rings (SSSR count). The van der Waals surface area contributed by atoms with Gasteiger partial charge in [0.25, 0.3) is 0 Å². The van der Waals surface area contributed by atoms with Gasteiger partial charge in [0, 0.05) is 10.4 Å². The van der Waals surface area contributed by atoms with Crippen LogP contribution in [-0.2, 0) is 4.74 Å². The van der Waals surface area contributed by atoms with Gasteiger partial charge >= 0.3 is 12.1 Å². The zero-order valence-electron chi connectivity index (χ0n) is 14.7. The molecule has 1 aliphatic rings. The van der Waals surface area contributed by atoms with Crippen LogP contribution in [0, 0.1) is 0 Å². The number of ether oxygens (including phenoxy) is 1. The third-order valence-corrected chi connectivity index (χ3v) is 5.49. The maximum absolute atomic E-state index is 12.3. The Morgan fingerprint density at radius 1 is 0.964 bits per heavy atom. The molecule has 0 fully saturated rings. The minimum atomic E-state index is -1.07. The molecule has 1 amide bonds. The third-order valence-electron chi connectivity index (χ3n) is 4.79. The van der Waals surface area contributed by atoms with Gasteiger partial charge in [0.05, 0.1) is 11.3 Å². The highest BCUT2D eigenvalue weighted by atomic mass is 79.9. The molecule has 0 heterocycles. The van der Waals surface area contributed by atoms with Crippen molar-refractivity contribution in [3.63, 3.8) is 0 Å². The summed E-state index contributed by atoms with van der Waals surface area (Å²) < 4.78 is 6.06. The topological polar surface area (TPSA) is 75.6 Å². The molecule has 0 spiro atoms. The van der Waals surface area contributed by atoms with Gasteiger partial charge in [-0.1, -0.05) is 48.5 Å². The average Bonchev–Trinajstić information content (AvgIpc) is 3.02. The van der Waals surface area contributed by atoms with Crippen LogP contribution in [0.2, 0.25) is 0 Å². The van der Waals surface area contributed by atoms with Crippen LogP contribution in [0.15, 0.2) is 71.2 Å². The molecular formula is C22H16BrNO4. The van der Waals surface area contributed by atoms with E-state index in [1.165, 1.54) is 12.1 Å². The lowest BCUT2D eigenvalue weighted by molar-refractivity contribution is 0.0696. The van der Waals surface area contributed by atoms with E-state index in [1.807, 2.05) is 36.4 Å². The number of benzene rings is 3. The highest BCUT2D eigenvalue weighted by Crippen LogP contribution is 2.44. The lowest BCUT2D eigenvalue weighted by Gasteiger charge is -2.15. The summed E-state index contributed by atoms with van der Waals surface area (Å²) in [6.45, 7) is 0.191. The number of hydrogen-bond donors (Lipinski definition) is 2. The van der Waals surface area contributed by atoms with Crippen LogP contribution in [0.5, 0.6) is 0 Å². The summed E-state index contributed by atoms with van der Waals surface area (Å²) in [6, 6.07) is 20.6. The Hall–Kier alpha value is -3.12. The van der Waals surface area contributed by atoms with Crippen LogP contribution in [0.1, 0.15) is 27.4 Å². The first-order valence-corrected chi connectivity index (χ1v) is 9.48. The number of carbonyl (C=O) groups excluding carboxylic acids is 1. The number of aromatic carboxylic acids is 1. The summed E-state index contributed by atoms with van der Waals surface area (Å²) in [5.74, 6) is -1.10. The van der Waals surface area contributed by atoms with Crippen molar-refractivity contribution in [2.24, 2.45) is 0 Å². The maximum atomic E-state index is 12.3. The highest BCUT2D eigenvalue weighted by Gasteiger charge is 2.29. The van der Waals surface area contributed by atoms with E-state index in [0.29, 0.717) is 10.2 Å². The predicted octanol–water partition coefficient (Wildman–Crippen LogP) is 5.51. The van der Waals surface area contributed by atoms with Crippen molar-refractivity contribution in [1.82, 2.24) is 0 Å². The fourth-order valence-electron chi connectivity index (χ4n) is 3.50. The van der Waals surface area contributed by atoms with Crippen molar-refractivity contribution < 1.29 is 19.4 Å². The van der Waals surface area contributed by atoms with Crippen LogP contribution in [0.3, 0.4) is 0 Å². The Balaban J connectivity index is 1.50. The van der Waals surface area contributed by atoms with Gasteiger partial charge in [0.1, 0.15) is 6.61 Å². The van der Waals surface area contributed by atoms with Gasteiger partial charge in [-0.05, 0) is 56.4 Å². The largest absolute Gasteiger partial charge is 0.478 e. The van der Waals surface area contributed by atoms with Gasteiger partial charge in [-0.3, -0.25) is 5.32 Å². The lowest BCUT2D eigenvalue weighted by Crippen LogP contribution is -2.18. The molecular weight excluding hydrogens is 422 g/mol. The van der Waals surface area contributed by atoms with Crippen molar-refractivity contribution in [2.45, 2.75) is 5.92 Å². The molecule has 28 heavy (non-hydrogen) atoms. The second kappa shape index (κ2) is 7.48. The summed E-state index contributed by atoms with van der Waals surface area (Å²) in [6.07, 6.45) is -0.634.